The van der Waals surface area contributed by atoms with Gasteiger partial charge in [-0.2, -0.15) is 0 Å². The van der Waals surface area contributed by atoms with Gasteiger partial charge < -0.3 is 10.4 Å². The van der Waals surface area contributed by atoms with E-state index in [2.05, 4.69) is 66.6 Å². The van der Waals surface area contributed by atoms with Gasteiger partial charge in [-0.15, -0.1) is 12.6 Å². The van der Waals surface area contributed by atoms with Crippen molar-refractivity contribution in [3.63, 3.8) is 0 Å². The number of rotatable bonds is 5. The third-order valence-electron chi connectivity index (χ3n) is 3.40. The van der Waals surface area contributed by atoms with Crippen molar-refractivity contribution in [3.8, 4) is 5.75 Å². The zero-order valence-electron chi connectivity index (χ0n) is 14.0. The third kappa shape index (κ3) is 6.57. The van der Waals surface area contributed by atoms with Gasteiger partial charge >= 0.3 is 28.7 Å². The maximum atomic E-state index is 10.1. The molecule has 0 saturated heterocycles. The van der Waals surface area contributed by atoms with Gasteiger partial charge in [-0.25, -0.2) is 0 Å². The molecular weight excluding hydrogens is 360 g/mol. The summed E-state index contributed by atoms with van der Waals surface area (Å²) in [5, 5.41) is 17.0. The molecule has 0 aliphatic heterocycles. The van der Waals surface area contributed by atoms with Crippen LogP contribution in [0.2, 0.25) is 0 Å². The van der Waals surface area contributed by atoms with Crippen molar-refractivity contribution >= 4 is 28.5 Å². The van der Waals surface area contributed by atoms with Gasteiger partial charge in [0, 0.05) is 5.30 Å². The van der Waals surface area contributed by atoms with Crippen LogP contribution in [0.15, 0.2) is 36.4 Å². The van der Waals surface area contributed by atoms with Crippen molar-refractivity contribution in [2.24, 2.45) is 0 Å². The summed E-state index contributed by atoms with van der Waals surface area (Å²) in [4.78, 5) is 0. The molecule has 0 aliphatic carbocycles. The van der Waals surface area contributed by atoms with Gasteiger partial charge in [0.05, 0.1) is 0 Å². The van der Waals surface area contributed by atoms with Crippen LogP contribution < -0.4 is 10.6 Å². The van der Waals surface area contributed by atoms with Gasteiger partial charge in [0.2, 0.25) is 0 Å². The van der Waals surface area contributed by atoms with Crippen molar-refractivity contribution in [2.75, 3.05) is 0 Å². The van der Waals surface area contributed by atoms with E-state index in [4.69, 9.17) is 0 Å². The Morgan fingerprint density at radius 3 is 2.52 bits per heavy atom. The molecule has 2 rings (SSSR count). The van der Waals surface area contributed by atoms with E-state index in [1.54, 1.807) is 6.07 Å². The molecule has 2 aromatic carbocycles. The Hall–Kier alpha value is -0.366. The van der Waals surface area contributed by atoms with Crippen LogP contribution in [0.25, 0.3) is 5.32 Å². The fraction of sp³-hybridized carbons (Fsp3) is 0.333. The van der Waals surface area contributed by atoms with E-state index in [1.807, 2.05) is 6.07 Å². The molecule has 2 nitrogen and oxygen atoms in total. The zero-order chi connectivity index (χ0) is 17.4. The first-order valence-electron chi connectivity index (χ1n) is 7.48. The average molecular weight is 384 g/mol. The fourth-order valence-corrected chi connectivity index (χ4v) is 3.59. The first-order valence-corrected chi connectivity index (χ1v) is 10.6. The molecule has 0 radical (unpaired) electrons. The molecule has 0 fully saturated rings. The van der Waals surface area contributed by atoms with Gasteiger partial charge in [-0.3, -0.25) is 0 Å². The molecule has 0 spiro atoms. The van der Waals surface area contributed by atoms with Crippen LogP contribution in [0.5, 0.6) is 5.75 Å². The second-order valence-electron chi connectivity index (χ2n) is 5.69. The molecule has 0 amide bonds. The summed E-state index contributed by atoms with van der Waals surface area (Å²) in [5.41, 5.74) is 3.71. The molecular formula is C18H23ClNOPTi. The maximum absolute atomic E-state index is 10.1. The van der Waals surface area contributed by atoms with Gasteiger partial charge in [0.1, 0.15) is 5.75 Å². The summed E-state index contributed by atoms with van der Waals surface area (Å²) in [6, 6.07) is 12.5. The number of hydrogen-bond acceptors (Lipinski definition) is 1. The van der Waals surface area contributed by atoms with Crippen molar-refractivity contribution in [2.45, 2.75) is 40.3 Å². The summed E-state index contributed by atoms with van der Waals surface area (Å²) >= 11 is 1.47. The van der Waals surface area contributed by atoms with Crippen LogP contribution in [-0.2, 0) is 25.9 Å². The summed E-state index contributed by atoms with van der Waals surface area (Å²) in [6.07, 6.45) is 0. The zero-order valence-corrected chi connectivity index (χ0v) is 17.3. The van der Waals surface area contributed by atoms with E-state index in [1.165, 1.54) is 41.4 Å². The molecule has 1 unspecified atom stereocenters. The summed E-state index contributed by atoms with van der Waals surface area (Å²) in [6.45, 7) is 9.14. The van der Waals surface area contributed by atoms with Crippen molar-refractivity contribution in [3.05, 3.63) is 58.4 Å². The van der Waals surface area contributed by atoms with Crippen LogP contribution in [0.1, 0.15) is 30.5 Å². The van der Waals surface area contributed by atoms with Crippen molar-refractivity contribution in [1.82, 2.24) is 0 Å². The van der Waals surface area contributed by atoms with E-state index in [0.29, 0.717) is 20.4 Å². The molecule has 122 valence electrons. The normalized spacial score (nSPS) is 10.8. The van der Waals surface area contributed by atoms with Crippen molar-refractivity contribution in [1.29, 1.82) is 0 Å². The average Bonchev–Trinajstić information content (AvgIpc) is 2.53. The predicted octanol–water partition coefficient (Wildman–Crippen LogP) is 4.61. The summed E-state index contributed by atoms with van der Waals surface area (Å²) in [5.74, 6) is 0.383. The van der Waals surface area contributed by atoms with Gasteiger partial charge in [0.25, 0.3) is 0 Å². The Morgan fingerprint density at radius 1 is 1.17 bits per heavy atom. The van der Waals surface area contributed by atoms with Crippen LogP contribution in [-0.4, -0.2) is 11.1 Å². The van der Waals surface area contributed by atoms with E-state index >= 15 is 0 Å². The number of aromatic hydroxyl groups is 1. The van der Waals surface area contributed by atoms with Crippen molar-refractivity contribution < 1.29 is 24.5 Å². The Kier molecular flexibility index (Phi) is 9.43. The second kappa shape index (κ2) is 10.5. The summed E-state index contributed by atoms with van der Waals surface area (Å²) in [7, 11) is 5.10. The Bertz CT molecular complexity index is 634. The Morgan fingerprint density at radius 2 is 1.87 bits per heavy atom. The van der Waals surface area contributed by atoms with Crippen LogP contribution in [0.3, 0.4) is 0 Å². The number of hydrogen-bond donors (Lipinski definition) is 1. The van der Waals surface area contributed by atoms with E-state index in [9.17, 15) is 5.11 Å². The summed E-state index contributed by atoms with van der Waals surface area (Å²) < 4.78 is 0. The number of benzene rings is 2. The first kappa shape index (κ1) is 20.7. The molecule has 0 bridgehead atoms. The fourth-order valence-electron chi connectivity index (χ4n) is 2.20. The van der Waals surface area contributed by atoms with E-state index < -0.39 is 0 Å². The number of phenols is 1. The first-order chi connectivity index (χ1) is 11.0. The van der Waals surface area contributed by atoms with Gasteiger partial charge in [-0.1, -0.05) is 57.8 Å². The molecule has 0 aliphatic rings. The SMILES string of the molecule is Cc1ccc(O)c(Pc2c(C)cccc2C[N-]C(C)C)c1.[Cl][Ti+]. The van der Waals surface area contributed by atoms with Crippen LogP contribution >= 0.6 is 17.9 Å². The molecule has 0 saturated carbocycles. The van der Waals surface area contributed by atoms with Crippen LogP contribution in [0, 0.1) is 13.8 Å². The van der Waals surface area contributed by atoms with Gasteiger partial charge in [0.15, 0.2) is 0 Å². The molecule has 0 heterocycles. The number of aryl methyl sites for hydroxylation is 2. The number of halogens is 1. The second-order valence-corrected chi connectivity index (χ2v) is 6.98. The van der Waals surface area contributed by atoms with E-state index in [-0.39, 0.29) is 0 Å². The monoisotopic (exact) mass is 383 g/mol. The minimum atomic E-state index is 0.342. The predicted molar refractivity (Wildman–Crippen MR) is 99.7 cm³/mol. The molecule has 2 aromatic rings. The quantitative estimate of drug-likeness (QED) is 0.594. The molecule has 1 N–H and O–H groups in total. The number of nitrogens with zero attached hydrogens (tertiary/aromatic N) is 1. The standard InChI is InChI=1S/C18H23NOP.ClH.Ti/c1-12(2)19-11-15-7-5-6-14(4)18(15)21-17-10-13(3)8-9-16(17)20;;/h5-10,12,20-21H,11H2,1-4H3;1H;/q-1;;+2/p-1. The number of phenolic OH excluding ortho intramolecular Hbond substituents is 1. The minimum absolute atomic E-state index is 0.342. The molecule has 5 heteroatoms. The Labute approximate surface area is 157 Å². The van der Waals surface area contributed by atoms with Gasteiger partial charge in [-0.05, 0) is 36.8 Å². The Balaban J connectivity index is 0.00000127. The third-order valence-corrected chi connectivity index (χ3v) is 5.03. The van der Waals surface area contributed by atoms with Crippen LogP contribution in [0.4, 0.5) is 0 Å². The molecule has 0 aromatic heterocycles. The topological polar surface area (TPSA) is 34.3 Å². The molecule has 1 atom stereocenters. The molecule has 23 heavy (non-hydrogen) atoms. The van der Waals surface area contributed by atoms with E-state index in [0.717, 1.165) is 11.8 Å².